The molecule has 80 valence electrons. The molecule has 0 aromatic heterocycles. The summed E-state index contributed by atoms with van der Waals surface area (Å²) in [4.78, 5) is 19.8. The first-order valence-electron chi connectivity index (χ1n) is 4.13. The summed E-state index contributed by atoms with van der Waals surface area (Å²) in [6, 6.07) is 0. The number of carbonyl (C=O) groups excluding carboxylic acids is 1. The minimum atomic E-state index is -0.827. The first-order chi connectivity index (χ1) is 6.45. The van der Waals surface area contributed by atoms with Crippen LogP contribution >= 0.6 is 0 Å². The molecular weight excluding hydrogens is 184 g/mol. The molecule has 1 N–H and O–H groups in total. The highest BCUT2D eigenvalue weighted by atomic mass is 16.5. The van der Waals surface area contributed by atoms with Crippen LogP contribution < -0.4 is 0 Å². The lowest BCUT2D eigenvalue weighted by Gasteiger charge is -1.87. The van der Waals surface area contributed by atoms with Crippen LogP contribution in [0.4, 0.5) is 0 Å². The number of carboxylic acids is 1. The molecule has 0 rings (SSSR count). The van der Waals surface area contributed by atoms with Crippen molar-refractivity contribution in [2.24, 2.45) is 0 Å². The van der Waals surface area contributed by atoms with Crippen LogP contribution in [0, 0.1) is 0 Å². The molecule has 0 bridgehead atoms. The molecule has 14 heavy (non-hydrogen) atoms. The van der Waals surface area contributed by atoms with E-state index >= 15 is 0 Å². The summed E-state index contributed by atoms with van der Waals surface area (Å²) in [5.41, 5.74) is 0.424. The van der Waals surface area contributed by atoms with Crippen LogP contribution in [0.1, 0.15) is 27.2 Å². The Balaban J connectivity index is 0. The lowest BCUT2D eigenvalue weighted by atomic mass is 10.2. The number of carboxylic acid groups (broad SMARTS) is 1. The molecule has 0 saturated carbocycles. The third kappa shape index (κ3) is 13.0. The van der Waals surface area contributed by atoms with Gasteiger partial charge in [-0.1, -0.05) is 19.6 Å². The van der Waals surface area contributed by atoms with Crippen LogP contribution in [0.5, 0.6) is 0 Å². The average molecular weight is 200 g/mol. The van der Waals surface area contributed by atoms with E-state index < -0.39 is 5.97 Å². The van der Waals surface area contributed by atoms with Crippen LogP contribution in [0.2, 0.25) is 0 Å². The van der Waals surface area contributed by atoms with E-state index in [0.717, 1.165) is 12.7 Å². The zero-order valence-corrected chi connectivity index (χ0v) is 8.74. The fourth-order valence-corrected chi connectivity index (χ4v) is 0.511. The number of rotatable bonds is 3. The lowest BCUT2D eigenvalue weighted by molar-refractivity contribution is -0.135. The monoisotopic (exact) mass is 200 g/mol. The molecule has 0 heterocycles. The summed E-state index contributed by atoms with van der Waals surface area (Å²) in [6.45, 7) is 7.98. The molecule has 0 atom stereocenters. The Morgan fingerprint density at radius 3 is 2.00 bits per heavy atom. The van der Waals surface area contributed by atoms with Crippen LogP contribution in [0.25, 0.3) is 0 Å². The maximum atomic E-state index is 10.0. The summed E-state index contributed by atoms with van der Waals surface area (Å²) in [7, 11) is 0. The molecule has 0 radical (unpaired) electrons. The smallest absolute Gasteiger partial charge is 0.330 e. The fraction of sp³-hybridized carbons (Fsp3) is 0.400. The van der Waals surface area contributed by atoms with Crippen molar-refractivity contribution in [1.29, 1.82) is 0 Å². The normalized spacial score (nSPS) is 9.50. The predicted molar refractivity (Wildman–Crippen MR) is 53.6 cm³/mol. The van der Waals surface area contributed by atoms with E-state index in [9.17, 15) is 9.59 Å². The SMILES string of the molecule is C=COC(C)=O.CCC=C(C)C(=O)O. The molecule has 4 heteroatoms. The fourth-order valence-electron chi connectivity index (χ4n) is 0.511. The van der Waals surface area contributed by atoms with Crippen molar-refractivity contribution in [2.45, 2.75) is 27.2 Å². The molecule has 0 spiro atoms. The molecule has 0 aromatic rings. The molecule has 0 aromatic carbocycles. The lowest BCUT2D eigenvalue weighted by Crippen LogP contribution is -1.94. The Morgan fingerprint density at radius 1 is 1.43 bits per heavy atom. The molecule has 0 aliphatic carbocycles. The topological polar surface area (TPSA) is 63.6 Å². The molecule has 0 saturated heterocycles. The maximum Gasteiger partial charge on any atom is 0.330 e. The predicted octanol–water partition coefficient (Wildman–Crippen LogP) is 2.12. The van der Waals surface area contributed by atoms with Gasteiger partial charge in [0.25, 0.3) is 0 Å². The van der Waals surface area contributed by atoms with E-state index in [1.807, 2.05) is 6.92 Å². The quantitative estimate of drug-likeness (QED) is 0.430. The highest BCUT2D eigenvalue weighted by molar-refractivity contribution is 5.85. The number of hydrogen-bond donors (Lipinski definition) is 1. The van der Waals surface area contributed by atoms with Gasteiger partial charge in [0, 0.05) is 12.5 Å². The Bertz CT molecular complexity index is 228. The zero-order valence-electron chi connectivity index (χ0n) is 8.74. The Kier molecular flexibility index (Phi) is 10.1. The Hall–Kier alpha value is -1.58. The second-order valence-corrected chi connectivity index (χ2v) is 2.38. The number of esters is 1. The molecule has 0 fully saturated rings. The second-order valence-electron chi connectivity index (χ2n) is 2.38. The Labute approximate surface area is 83.9 Å². The molecule has 0 aliphatic heterocycles. The third-order valence-corrected chi connectivity index (χ3v) is 1.10. The van der Waals surface area contributed by atoms with Gasteiger partial charge in [-0.05, 0) is 13.3 Å². The largest absolute Gasteiger partial charge is 0.478 e. The van der Waals surface area contributed by atoms with Gasteiger partial charge >= 0.3 is 11.9 Å². The van der Waals surface area contributed by atoms with Crippen LogP contribution in [-0.4, -0.2) is 17.0 Å². The van der Waals surface area contributed by atoms with Gasteiger partial charge in [-0.3, -0.25) is 4.79 Å². The summed E-state index contributed by atoms with van der Waals surface area (Å²) in [6.07, 6.45) is 3.57. The minimum absolute atomic E-state index is 0.329. The van der Waals surface area contributed by atoms with Crippen molar-refractivity contribution in [3.8, 4) is 0 Å². The summed E-state index contributed by atoms with van der Waals surface area (Å²) in [5, 5.41) is 8.24. The maximum absolute atomic E-state index is 10.0. The van der Waals surface area contributed by atoms with E-state index in [0.29, 0.717) is 5.57 Å². The van der Waals surface area contributed by atoms with E-state index in [2.05, 4.69) is 11.3 Å². The first-order valence-corrected chi connectivity index (χ1v) is 4.13. The van der Waals surface area contributed by atoms with E-state index in [1.165, 1.54) is 6.92 Å². The van der Waals surface area contributed by atoms with Crippen molar-refractivity contribution in [3.63, 3.8) is 0 Å². The van der Waals surface area contributed by atoms with Crippen LogP contribution in [-0.2, 0) is 14.3 Å². The summed E-state index contributed by atoms with van der Waals surface area (Å²) >= 11 is 0. The van der Waals surface area contributed by atoms with Gasteiger partial charge in [-0.2, -0.15) is 0 Å². The number of hydrogen-bond acceptors (Lipinski definition) is 3. The third-order valence-electron chi connectivity index (χ3n) is 1.10. The van der Waals surface area contributed by atoms with Gasteiger partial charge in [0.15, 0.2) is 0 Å². The number of allylic oxidation sites excluding steroid dienone is 1. The minimum Gasteiger partial charge on any atom is -0.478 e. The van der Waals surface area contributed by atoms with Crippen molar-refractivity contribution >= 4 is 11.9 Å². The summed E-state index contributed by atoms with van der Waals surface area (Å²) < 4.78 is 4.17. The van der Waals surface area contributed by atoms with E-state index in [4.69, 9.17) is 5.11 Å². The molecule has 0 amide bonds. The summed E-state index contributed by atoms with van der Waals surface area (Å²) in [5.74, 6) is -1.16. The van der Waals surface area contributed by atoms with Crippen LogP contribution in [0.3, 0.4) is 0 Å². The first kappa shape index (κ1) is 14.9. The number of carbonyl (C=O) groups is 2. The highest BCUT2D eigenvalue weighted by Gasteiger charge is 1.94. The van der Waals surface area contributed by atoms with Crippen molar-refractivity contribution in [1.82, 2.24) is 0 Å². The Morgan fingerprint density at radius 2 is 1.93 bits per heavy atom. The number of ether oxygens (including phenoxy) is 1. The second kappa shape index (κ2) is 9.51. The number of aliphatic carboxylic acids is 1. The standard InChI is InChI=1S/C6H10O2.C4H6O2/c1-3-4-5(2)6(7)8;1-3-6-4(2)5/h4H,3H2,1-2H3,(H,7,8);3H,1H2,2H3. The van der Waals surface area contributed by atoms with Crippen molar-refractivity contribution in [2.75, 3.05) is 0 Å². The van der Waals surface area contributed by atoms with Crippen LogP contribution in [0.15, 0.2) is 24.5 Å². The van der Waals surface area contributed by atoms with E-state index in [1.54, 1.807) is 13.0 Å². The van der Waals surface area contributed by atoms with Gasteiger partial charge in [-0.15, -0.1) is 0 Å². The molecular formula is C10H16O4. The molecule has 4 nitrogen and oxygen atoms in total. The van der Waals surface area contributed by atoms with Gasteiger partial charge in [0.05, 0.1) is 6.26 Å². The van der Waals surface area contributed by atoms with Gasteiger partial charge < -0.3 is 9.84 Å². The van der Waals surface area contributed by atoms with Gasteiger partial charge in [-0.25, -0.2) is 4.79 Å². The average Bonchev–Trinajstić information content (AvgIpc) is 2.05. The van der Waals surface area contributed by atoms with Crippen molar-refractivity contribution in [3.05, 3.63) is 24.5 Å². The van der Waals surface area contributed by atoms with Gasteiger partial charge in [0.2, 0.25) is 0 Å². The molecule has 0 unspecified atom stereocenters. The van der Waals surface area contributed by atoms with E-state index in [-0.39, 0.29) is 5.97 Å². The zero-order chi connectivity index (χ0) is 11.6. The molecule has 0 aliphatic rings. The van der Waals surface area contributed by atoms with Crippen molar-refractivity contribution < 1.29 is 19.4 Å². The highest BCUT2D eigenvalue weighted by Crippen LogP contribution is 1.92. The van der Waals surface area contributed by atoms with Gasteiger partial charge in [0.1, 0.15) is 0 Å².